The molecule has 1 aromatic heterocycles. The van der Waals surface area contributed by atoms with Gasteiger partial charge in [-0.15, -0.1) is 0 Å². The quantitative estimate of drug-likeness (QED) is 0.690. The zero-order valence-electron chi connectivity index (χ0n) is 9.66. The van der Waals surface area contributed by atoms with E-state index >= 15 is 0 Å². The molecule has 16 heavy (non-hydrogen) atoms. The van der Waals surface area contributed by atoms with Gasteiger partial charge in [0, 0.05) is 12.7 Å². The van der Waals surface area contributed by atoms with Crippen LogP contribution in [0.15, 0.2) is 18.3 Å². The Kier molecular flexibility index (Phi) is 4.57. The van der Waals surface area contributed by atoms with Crippen LogP contribution < -0.4 is 16.4 Å². The third kappa shape index (κ3) is 4.16. The Hall–Kier alpha value is -1.78. The lowest BCUT2D eigenvalue weighted by atomic mass is 10.2. The summed E-state index contributed by atoms with van der Waals surface area (Å²) < 4.78 is 0. The van der Waals surface area contributed by atoms with E-state index < -0.39 is 0 Å². The van der Waals surface area contributed by atoms with Crippen LogP contribution in [0.5, 0.6) is 0 Å². The van der Waals surface area contributed by atoms with E-state index in [0.717, 1.165) is 0 Å². The van der Waals surface area contributed by atoms with Gasteiger partial charge in [0.2, 0.25) is 5.91 Å². The number of aromatic nitrogens is 1. The molecule has 0 saturated carbocycles. The zero-order valence-corrected chi connectivity index (χ0v) is 9.66. The summed E-state index contributed by atoms with van der Waals surface area (Å²) in [5.41, 5.74) is 6.31. The summed E-state index contributed by atoms with van der Waals surface area (Å²) in [6.45, 7) is 4.99. The number of nitrogens with one attached hydrogen (secondary N) is 2. The molecule has 5 heteroatoms. The van der Waals surface area contributed by atoms with Crippen molar-refractivity contribution in [3.8, 4) is 0 Å². The van der Waals surface area contributed by atoms with Crippen molar-refractivity contribution < 1.29 is 4.79 Å². The molecule has 1 amide bonds. The molecular formula is C11H18N4O. The summed E-state index contributed by atoms with van der Waals surface area (Å²) in [7, 11) is 0. The fourth-order valence-electron chi connectivity index (χ4n) is 1.12. The van der Waals surface area contributed by atoms with Crippen LogP contribution in [0.1, 0.15) is 13.8 Å². The molecule has 0 saturated heterocycles. The standard InChI is InChI=1S/C11H18N4O/c1-8(2)6-15-10(16)7-14-9-4-3-5-13-11(9)12/h3-5,8,14H,6-7H2,1-2H3,(H2,12,13)(H,15,16). The van der Waals surface area contributed by atoms with E-state index in [4.69, 9.17) is 5.73 Å². The van der Waals surface area contributed by atoms with Crippen LogP contribution in [-0.4, -0.2) is 24.0 Å². The number of carbonyl (C=O) groups is 1. The van der Waals surface area contributed by atoms with Crippen molar-refractivity contribution in [3.05, 3.63) is 18.3 Å². The van der Waals surface area contributed by atoms with Gasteiger partial charge in [0.05, 0.1) is 12.2 Å². The molecule has 0 atom stereocenters. The van der Waals surface area contributed by atoms with Crippen LogP contribution in [0, 0.1) is 5.92 Å². The third-order valence-electron chi connectivity index (χ3n) is 1.99. The van der Waals surface area contributed by atoms with Crippen molar-refractivity contribution in [2.45, 2.75) is 13.8 Å². The number of rotatable bonds is 5. The maximum absolute atomic E-state index is 11.4. The maximum atomic E-state index is 11.4. The van der Waals surface area contributed by atoms with Crippen LogP contribution in [0.4, 0.5) is 11.5 Å². The molecule has 0 bridgehead atoms. The van der Waals surface area contributed by atoms with Crippen LogP contribution in [0.3, 0.4) is 0 Å². The van der Waals surface area contributed by atoms with Crippen molar-refractivity contribution in [1.29, 1.82) is 0 Å². The molecule has 0 unspecified atom stereocenters. The summed E-state index contributed by atoms with van der Waals surface area (Å²) >= 11 is 0. The molecule has 88 valence electrons. The summed E-state index contributed by atoms with van der Waals surface area (Å²) in [6, 6.07) is 3.56. The average molecular weight is 222 g/mol. The van der Waals surface area contributed by atoms with Crippen LogP contribution in [0.2, 0.25) is 0 Å². The lowest BCUT2D eigenvalue weighted by molar-refractivity contribution is -0.119. The second kappa shape index (κ2) is 5.95. The molecular weight excluding hydrogens is 204 g/mol. The van der Waals surface area contributed by atoms with E-state index in [1.54, 1.807) is 18.3 Å². The molecule has 0 aliphatic carbocycles. The minimum Gasteiger partial charge on any atom is -0.382 e. The van der Waals surface area contributed by atoms with Gasteiger partial charge >= 0.3 is 0 Å². The number of hydrogen-bond acceptors (Lipinski definition) is 4. The highest BCUT2D eigenvalue weighted by Gasteiger charge is 2.03. The SMILES string of the molecule is CC(C)CNC(=O)CNc1cccnc1N. The highest BCUT2D eigenvalue weighted by Crippen LogP contribution is 2.12. The topological polar surface area (TPSA) is 80.0 Å². The van der Waals surface area contributed by atoms with Gasteiger partial charge in [0.25, 0.3) is 0 Å². The Balaban J connectivity index is 2.35. The average Bonchev–Trinajstić information content (AvgIpc) is 2.25. The fourth-order valence-corrected chi connectivity index (χ4v) is 1.12. The molecule has 1 aromatic rings. The fraction of sp³-hybridized carbons (Fsp3) is 0.455. The predicted molar refractivity (Wildman–Crippen MR) is 65.0 cm³/mol. The molecule has 0 radical (unpaired) electrons. The van der Waals surface area contributed by atoms with Gasteiger partial charge in [-0.1, -0.05) is 13.8 Å². The van der Waals surface area contributed by atoms with Gasteiger partial charge < -0.3 is 16.4 Å². The summed E-state index contributed by atoms with van der Waals surface area (Å²) in [6.07, 6.45) is 1.61. The van der Waals surface area contributed by atoms with Gasteiger partial charge in [-0.2, -0.15) is 0 Å². The summed E-state index contributed by atoms with van der Waals surface area (Å²) in [4.78, 5) is 15.3. The Morgan fingerprint density at radius 1 is 1.56 bits per heavy atom. The van der Waals surface area contributed by atoms with Crippen molar-refractivity contribution in [2.75, 3.05) is 24.1 Å². The van der Waals surface area contributed by atoms with E-state index in [1.165, 1.54) is 0 Å². The Labute approximate surface area is 95.4 Å². The molecule has 1 rings (SSSR count). The molecule has 1 heterocycles. The molecule has 0 fully saturated rings. The van der Waals surface area contributed by atoms with Crippen LogP contribution in [0.25, 0.3) is 0 Å². The Morgan fingerprint density at radius 3 is 2.94 bits per heavy atom. The smallest absolute Gasteiger partial charge is 0.239 e. The number of nitrogens with zero attached hydrogens (tertiary/aromatic N) is 1. The number of hydrogen-bond donors (Lipinski definition) is 3. The van der Waals surface area contributed by atoms with Crippen molar-refractivity contribution in [2.24, 2.45) is 5.92 Å². The molecule has 4 N–H and O–H groups in total. The van der Waals surface area contributed by atoms with Gasteiger partial charge in [0.15, 0.2) is 0 Å². The van der Waals surface area contributed by atoms with Gasteiger partial charge in [0.1, 0.15) is 5.82 Å². The van der Waals surface area contributed by atoms with Gasteiger partial charge in [-0.3, -0.25) is 4.79 Å². The Bertz CT molecular complexity index is 352. The number of pyridine rings is 1. The molecule has 5 nitrogen and oxygen atoms in total. The molecule has 0 aliphatic heterocycles. The molecule has 0 aromatic carbocycles. The second-order valence-corrected chi connectivity index (χ2v) is 3.99. The first-order valence-electron chi connectivity index (χ1n) is 5.30. The van der Waals surface area contributed by atoms with Crippen LogP contribution in [-0.2, 0) is 4.79 Å². The monoisotopic (exact) mass is 222 g/mol. The lowest BCUT2D eigenvalue weighted by Gasteiger charge is -2.10. The van der Waals surface area contributed by atoms with Crippen molar-refractivity contribution >= 4 is 17.4 Å². The highest BCUT2D eigenvalue weighted by atomic mass is 16.1. The number of amides is 1. The van der Waals surface area contributed by atoms with E-state index in [0.29, 0.717) is 24.0 Å². The van der Waals surface area contributed by atoms with E-state index in [9.17, 15) is 4.79 Å². The first-order chi connectivity index (χ1) is 7.59. The highest BCUT2D eigenvalue weighted by molar-refractivity contribution is 5.81. The summed E-state index contributed by atoms with van der Waals surface area (Å²) in [5.74, 6) is 0.809. The minimum absolute atomic E-state index is 0.0445. The molecule has 0 spiro atoms. The first kappa shape index (κ1) is 12.3. The summed E-state index contributed by atoms with van der Waals surface area (Å²) in [5, 5.41) is 5.75. The lowest BCUT2D eigenvalue weighted by Crippen LogP contribution is -2.32. The van der Waals surface area contributed by atoms with Crippen molar-refractivity contribution in [3.63, 3.8) is 0 Å². The van der Waals surface area contributed by atoms with Crippen molar-refractivity contribution in [1.82, 2.24) is 10.3 Å². The van der Waals surface area contributed by atoms with E-state index in [-0.39, 0.29) is 12.5 Å². The minimum atomic E-state index is -0.0445. The number of nitrogens with two attached hydrogens (primary N) is 1. The number of carbonyl (C=O) groups excluding carboxylic acids is 1. The zero-order chi connectivity index (χ0) is 12.0. The Morgan fingerprint density at radius 2 is 2.31 bits per heavy atom. The second-order valence-electron chi connectivity index (χ2n) is 3.99. The normalized spacial score (nSPS) is 10.2. The maximum Gasteiger partial charge on any atom is 0.239 e. The number of nitrogen functional groups attached to an aromatic ring is 1. The van der Waals surface area contributed by atoms with Gasteiger partial charge in [-0.25, -0.2) is 4.98 Å². The predicted octanol–water partition coefficient (Wildman–Crippen LogP) is 0.848. The number of anilines is 2. The third-order valence-corrected chi connectivity index (χ3v) is 1.99. The van der Waals surface area contributed by atoms with E-state index in [1.807, 2.05) is 13.8 Å². The van der Waals surface area contributed by atoms with E-state index in [2.05, 4.69) is 15.6 Å². The van der Waals surface area contributed by atoms with Crippen LogP contribution >= 0.6 is 0 Å². The molecule has 0 aliphatic rings. The largest absolute Gasteiger partial charge is 0.382 e. The van der Waals surface area contributed by atoms with Gasteiger partial charge in [-0.05, 0) is 18.1 Å². The first-order valence-corrected chi connectivity index (χ1v) is 5.30.